The lowest BCUT2D eigenvalue weighted by Crippen LogP contribution is -2.31. The van der Waals surface area contributed by atoms with Crippen molar-refractivity contribution in [3.8, 4) is 0 Å². The Hall–Kier alpha value is -2.69. The molecule has 0 fully saturated rings. The minimum Gasteiger partial charge on any atom is -0.355 e. The summed E-state index contributed by atoms with van der Waals surface area (Å²) in [4.78, 5) is 21.4. The van der Waals surface area contributed by atoms with Crippen LogP contribution in [0.3, 0.4) is 0 Å². The molecule has 0 aliphatic carbocycles. The minimum atomic E-state index is -0.103. The molecule has 1 amide bonds. The lowest BCUT2D eigenvalue weighted by molar-refractivity contribution is -0.122. The average Bonchev–Trinajstić information content (AvgIpc) is 2.93. The Morgan fingerprint density at radius 2 is 2.00 bits per heavy atom. The van der Waals surface area contributed by atoms with Gasteiger partial charge < -0.3 is 9.88 Å². The summed E-state index contributed by atoms with van der Waals surface area (Å²) in [6.07, 6.45) is 3.23. The molecule has 3 aromatic rings. The van der Waals surface area contributed by atoms with Crippen molar-refractivity contribution in [2.24, 2.45) is 7.05 Å². The first-order chi connectivity index (χ1) is 11.7. The van der Waals surface area contributed by atoms with Gasteiger partial charge in [0.1, 0.15) is 11.3 Å². The van der Waals surface area contributed by atoms with Gasteiger partial charge in [0.05, 0.1) is 5.92 Å². The van der Waals surface area contributed by atoms with Gasteiger partial charge in [-0.2, -0.15) is 0 Å². The maximum atomic E-state index is 12.5. The molecule has 1 atom stereocenters. The first kappa shape index (κ1) is 16.2. The predicted molar refractivity (Wildman–Crippen MR) is 94.7 cm³/mol. The van der Waals surface area contributed by atoms with E-state index in [0.717, 1.165) is 29.0 Å². The number of rotatable bonds is 6. The Balaban J connectivity index is 1.62. The molecular weight excluding hydrogens is 300 g/mol. The molecule has 5 nitrogen and oxygen atoms in total. The smallest absolute Gasteiger partial charge is 0.227 e. The second kappa shape index (κ2) is 7.25. The number of hydrogen-bond acceptors (Lipinski definition) is 3. The van der Waals surface area contributed by atoms with E-state index in [-0.39, 0.29) is 11.8 Å². The highest BCUT2D eigenvalue weighted by Gasteiger charge is 2.18. The van der Waals surface area contributed by atoms with Crippen LogP contribution in [0.15, 0.2) is 48.7 Å². The van der Waals surface area contributed by atoms with E-state index < -0.39 is 0 Å². The van der Waals surface area contributed by atoms with Gasteiger partial charge in [-0.1, -0.05) is 37.3 Å². The van der Waals surface area contributed by atoms with Gasteiger partial charge in [0.15, 0.2) is 5.65 Å². The number of benzene rings is 1. The third-order valence-electron chi connectivity index (χ3n) is 4.29. The van der Waals surface area contributed by atoms with Crippen LogP contribution < -0.4 is 5.32 Å². The number of carbonyl (C=O) groups is 1. The van der Waals surface area contributed by atoms with E-state index in [1.807, 2.05) is 61.0 Å². The largest absolute Gasteiger partial charge is 0.355 e. The van der Waals surface area contributed by atoms with Crippen molar-refractivity contribution in [3.05, 3.63) is 60.0 Å². The molecule has 2 aromatic heterocycles. The van der Waals surface area contributed by atoms with Crippen LogP contribution in [0.2, 0.25) is 0 Å². The van der Waals surface area contributed by atoms with Crippen LogP contribution in [-0.2, 0) is 18.3 Å². The van der Waals surface area contributed by atoms with Crippen molar-refractivity contribution in [3.63, 3.8) is 0 Å². The fourth-order valence-corrected chi connectivity index (χ4v) is 2.97. The Kier molecular flexibility index (Phi) is 4.89. The number of fused-ring (bicyclic) bond motifs is 1. The number of aryl methyl sites for hydroxylation is 1. The molecule has 0 saturated heterocycles. The minimum absolute atomic E-state index is 0.0700. The summed E-state index contributed by atoms with van der Waals surface area (Å²) in [5, 5.41) is 3.04. The van der Waals surface area contributed by atoms with E-state index in [4.69, 9.17) is 0 Å². The SMILES string of the molecule is CC[C@@H](C(=O)NCCc1nc2cccnc2n1C)c1ccccc1. The maximum absolute atomic E-state index is 12.5. The summed E-state index contributed by atoms with van der Waals surface area (Å²) in [5.41, 5.74) is 2.82. The van der Waals surface area contributed by atoms with Gasteiger partial charge in [-0.05, 0) is 24.1 Å². The second-order valence-corrected chi connectivity index (χ2v) is 5.85. The van der Waals surface area contributed by atoms with Gasteiger partial charge in [-0.3, -0.25) is 4.79 Å². The molecule has 0 radical (unpaired) electrons. The fourth-order valence-electron chi connectivity index (χ4n) is 2.97. The Labute approximate surface area is 141 Å². The average molecular weight is 322 g/mol. The molecule has 24 heavy (non-hydrogen) atoms. The van der Waals surface area contributed by atoms with Crippen molar-refractivity contribution in [1.82, 2.24) is 19.9 Å². The van der Waals surface area contributed by atoms with Crippen LogP contribution in [0.25, 0.3) is 11.2 Å². The lowest BCUT2D eigenvalue weighted by atomic mass is 9.96. The van der Waals surface area contributed by atoms with Crippen LogP contribution in [0.1, 0.15) is 30.7 Å². The molecule has 0 aliphatic heterocycles. The standard InChI is InChI=1S/C19H22N4O/c1-3-15(14-8-5-4-6-9-14)19(24)21-13-11-17-22-16-10-7-12-20-18(16)23(17)2/h4-10,12,15H,3,11,13H2,1-2H3,(H,21,24)/t15-/m1/s1. The Morgan fingerprint density at radius 1 is 1.21 bits per heavy atom. The zero-order chi connectivity index (χ0) is 16.9. The van der Waals surface area contributed by atoms with Crippen molar-refractivity contribution in [2.45, 2.75) is 25.7 Å². The first-order valence-electron chi connectivity index (χ1n) is 8.29. The van der Waals surface area contributed by atoms with Gasteiger partial charge >= 0.3 is 0 Å². The van der Waals surface area contributed by atoms with E-state index in [1.54, 1.807) is 6.20 Å². The summed E-state index contributed by atoms with van der Waals surface area (Å²) in [7, 11) is 1.96. The van der Waals surface area contributed by atoms with E-state index >= 15 is 0 Å². The summed E-state index contributed by atoms with van der Waals surface area (Å²) >= 11 is 0. The third-order valence-corrected chi connectivity index (χ3v) is 4.29. The molecule has 0 bridgehead atoms. The monoisotopic (exact) mass is 322 g/mol. The van der Waals surface area contributed by atoms with Gasteiger partial charge in [0, 0.05) is 26.2 Å². The van der Waals surface area contributed by atoms with Gasteiger partial charge in [-0.25, -0.2) is 9.97 Å². The number of amides is 1. The predicted octanol–water partition coefficient (Wildman–Crippen LogP) is 2.82. The van der Waals surface area contributed by atoms with Crippen LogP contribution in [0, 0.1) is 0 Å². The van der Waals surface area contributed by atoms with Gasteiger partial charge in [0.25, 0.3) is 0 Å². The molecule has 0 unspecified atom stereocenters. The van der Waals surface area contributed by atoms with Gasteiger partial charge in [0.2, 0.25) is 5.91 Å². The Bertz CT molecular complexity index is 826. The van der Waals surface area contributed by atoms with E-state index in [0.29, 0.717) is 13.0 Å². The normalized spacial score (nSPS) is 12.2. The number of imidazole rings is 1. The molecule has 124 valence electrons. The highest BCUT2D eigenvalue weighted by atomic mass is 16.1. The highest BCUT2D eigenvalue weighted by Crippen LogP contribution is 2.19. The molecule has 5 heteroatoms. The summed E-state index contributed by atoms with van der Waals surface area (Å²) in [6, 6.07) is 13.7. The van der Waals surface area contributed by atoms with Crippen LogP contribution in [-0.4, -0.2) is 27.0 Å². The quantitative estimate of drug-likeness (QED) is 0.759. The van der Waals surface area contributed by atoms with Crippen molar-refractivity contribution >= 4 is 17.1 Å². The lowest BCUT2D eigenvalue weighted by Gasteiger charge is -2.15. The van der Waals surface area contributed by atoms with Crippen LogP contribution in [0.5, 0.6) is 0 Å². The Morgan fingerprint density at radius 3 is 2.71 bits per heavy atom. The van der Waals surface area contributed by atoms with E-state index in [1.165, 1.54) is 0 Å². The number of aromatic nitrogens is 3. The molecule has 0 aliphatic rings. The molecule has 0 spiro atoms. The molecule has 0 saturated carbocycles. The van der Waals surface area contributed by atoms with E-state index in [2.05, 4.69) is 15.3 Å². The van der Waals surface area contributed by atoms with Crippen molar-refractivity contribution < 1.29 is 4.79 Å². The number of pyridine rings is 1. The van der Waals surface area contributed by atoms with Crippen LogP contribution in [0.4, 0.5) is 0 Å². The number of carbonyl (C=O) groups excluding carboxylic acids is 1. The molecule has 2 heterocycles. The summed E-state index contributed by atoms with van der Waals surface area (Å²) in [5.74, 6) is 0.894. The third kappa shape index (κ3) is 3.30. The second-order valence-electron chi connectivity index (χ2n) is 5.85. The van der Waals surface area contributed by atoms with Crippen molar-refractivity contribution in [2.75, 3.05) is 6.54 Å². The highest BCUT2D eigenvalue weighted by molar-refractivity contribution is 5.83. The fraction of sp³-hybridized carbons (Fsp3) is 0.316. The summed E-state index contributed by atoms with van der Waals surface area (Å²) < 4.78 is 1.98. The topological polar surface area (TPSA) is 59.8 Å². The van der Waals surface area contributed by atoms with Crippen molar-refractivity contribution in [1.29, 1.82) is 0 Å². The summed E-state index contributed by atoms with van der Waals surface area (Å²) in [6.45, 7) is 2.60. The zero-order valence-corrected chi connectivity index (χ0v) is 14.1. The molecular formula is C19H22N4O. The molecule has 1 aromatic carbocycles. The zero-order valence-electron chi connectivity index (χ0n) is 14.1. The number of hydrogen-bond donors (Lipinski definition) is 1. The number of nitrogens with one attached hydrogen (secondary N) is 1. The van der Waals surface area contributed by atoms with E-state index in [9.17, 15) is 4.79 Å². The molecule has 1 N–H and O–H groups in total. The maximum Gasteiger partial charge on any atom is 0.227 e. The first-order valence-corrected chi connectivity index (χ1v) is 8.29. The van der Waals surface area contributed by atoms with Crippen LogP contribution >= 0.6 is 0 Å². The molecule has 3 rings (SSSR count). The number of nitrogens with zero attached hydrogens (tertiary/aromatic N) is 3. The van der Waals surface area contributed by atoms with Gasteiger partial charge in [-0.15, -0.1) is 0 Å².